The zero-order valence-corrected chi connectivity index (χ0v) is 14.8. The number of rotatable bonds is 4. The fourth-order valence-corrected chi connectivity index (χ4v) is 3.45. The topological polar surface area (TPSA) is 9.23 Å². The van der Waals surface area contributed by atoms with Crippen LogP contribution in [0.1, 0.15) is 33.4 Å². The van der Waals surface area contributed by atoms with Crippen molar-refractivity contribution in [3.63, 3.8) is 0 Å². The molecule has 122 valence electrons. The van der Waals surface area contributed by atoms with E-state index in [9.17, 15) is 0 Å². The van der Waals surface area contributed by atoms with Crippen LogP contribution in [0, 0.1) is 20.8 Å². The van der Waals surface area contributed by atoms with Crippen molar-refractivity contribution in [3.8, 4) is 0 Å². The Labute approximate surface area is 144 Å². The van der Waals surface area contributed by atoms with Gasteiger partial charge in [-0.2, -0.15) is 0 Å². The van der Waals surface area contributed by atoms with Gasteiger partial charge in [0.15, 0.2) is 0 Å². The summed E-state index contributed by atoms with van der Waals surface area (Å²) in [6, 6.07) is 25.8. The van der Waals surface area contributed by atoms with Gasteiger partial charge in [0.25, 0.3) is 0 Å². The minimum atomic E-state index is -0.607. The summed E-state index contributed by atoms with van der Waals surface area (Å²) in [6.45, 7) is 6.36. The van der Waals surface area contributed by atoms with Crippen LogP contribution in [0.4, 0.5) is 0 Å². The molecule has 0 fully saturated rings. The lowest BCUT2D eigenvalue weighted by Gasteiger charge is -2.35. The largest absolute Gasteiger partial charge is 0.364 e. The van der Waals surface area contributed by atoms with Crippen molar-refractivity contribution in [3.05, 3.63) is 106 Å². The molecule has 0 spiro atoms. The summed E-state index contributed by atoms with van der Waals surface area (Å²) in [5.41, 5.74) is 6.55. The molecule has 0 N–H and O–H groups in total. The quantitative estimate of drug-likeness (QED) is 0.573. The molecule has 0 radical (unpaired) electrons. The first-order valence-corrected chi connectivity index (χ1v) is 8.33. The average molecular weight is 316 g/mol. The molecule has 0 aliphatic heterocycles. The molecule has 0 heterocycles. The maximum atomic E-state index is 6.26. The second kappa shape index (κ2) is 6.62. The normalized spacial score (nSPS) is 11.5. The van der Waals surface area contributed by atoms with E-state index in [-0.39, 0.29) is 0 Å². The van der Waals surface area contributed by atoms with E-state index in [0.717, 1.165) is 16.7 Å². The number of ether oxygens (including phenoxy) is 1. The van der Waals surface area contributed by atoms with Gasteiger partial charge in [0.05, 0.1) is 0 Å². The lowest BCUT2D eigenvalue weighted by atomic mass is 9.79. The fraction of sp³-hybridized carbons (Fsp3) is 0.217. The molecular formula is C23H24O. The number of aryl methyl sites for hydroxylation is 3. The highest BCUT2D eigenvalue weighted by Crippen LogP contribution is 2.40. The van der Waals surface area contributed by atoms with E-state index in [4.69, 9.17) is 4.74 Å². The molecule has 0 aliphatic rings. The third-order valence-electron chi connectivity index (χ3n) is 4.58. The second-order valence-corrected chi connectivity index (χ2v) is 6.49. The van der Waals surface area contributed by atoms with Crippen LogP contribution in [-0.2, 0) is 10.3 Å². The number of methoxy groups -OCH3 is 1. The zero-order valence-electron chi connectivity index (χ0n) is 14.8. The Morgan fingerprint density at radius 3 is 1.17 bits per heavy atom. The van der Waals surface area contributed by atoms with Crippen LogP contribution in [0.3, 0.4) is 0 Å². The molecule has 0 saturated carbocycles. The summed E-state index contributed by atoms with van der Waals surface area (Å²) < 4.78 is 6.26. The Hall–Kier alpha value is -2.38. The van der Waals surface area contributed by atoms with Crippen molar-refractivity contribution in [1.82, 2.24) is 0 Å². The number of hydrogen-bond acceptors (Lipinski definition) is 1. The van der Waals surface area contributed by atoms with Crippen molar-refractivity contribution < 1.29 is 4.74 Å². The predicted octanol–water partition coefficient (Wildman–Crippen LogP) is 5.55. The van der Waals surface area contributed by atoms with E-state index in [1.54, 1.807) is 7.11 Å². The van der Waals surface area contributed by atoms with Gasteiger partial charge in [-0.1, -0.05) is 89.5 Å². The highest BCUT2D eigenvalue weighted by Gasteiger charge is 2.36. The summed E-state index contributed by atoms with van der Waals surface area (Å²) in [5, 5.41) is 0. The minimum absolute atomic E-state index is 0.607. The van der Waals surface area contributed by atoms with Crippen LogP contribution in [0.25, 0.3) is 0 Å². The standard InChI is InChI=1S/C23H24O/c1-17-8-5-11-20(14-17)23(24-4,21-12-6-9-18(2)15-21)22-13-7-10-19(3)16-22/h5-16H,1-4H3. The molecular weight excluding hydrogens is 292 g/mol. The lowest BCUT2D eigenvalue weighted by Crippen LogP contribution is -2.31. The molecule has 0 unspecified atom stereocenters. The third kappa shape index (κ3) is 2.88. The fourth-order valence-electron chi connectivity index (χ4n) is 3.45. The molecule has 3 rings (SSSR count). The van der Waals surface area contributed by atoms with E-state index >= 15 is 0 Å². The molecule has 3 aromatic carbocycles. The van der Waals surface area contributed by atoms with Gasteiger partial charge in [0.2, 0.25) is 0 Å². The van der Waals surface area contributed by atoms with Gasteiger partial charge in [-0.15, -0.1) is 0 Å². The van der Waals surface area contributed by atoms with Crippen LogP contribution < -0.4 is 0 Å². The van der Waals surface area contributed by atoms with E-state index in [1.807, 2.05) is 0 Å². The lowest BCUT2D eigenvalue weighted by molar-refractivity contribution is 0.0584. The van der Waals surface area contributed by atoms with Crippen LogP contribution >= 0.6 is 0 Å². The highest BCUT2D eigenvalue weighted by atomic mass is 16.5. The van der Waals surface area contributed by atoms with Crippen LogP contribution in [0.5, 0.6) is 0 Å². The predicted molar refractivity (Wildman–Crippen MR) is 100 cm³/mol. The molecule has 0 saturated heterocycles. The molecule has 3 aromatic rings. The first-order chi connectivity index (χ1) is 11.6. The van der Waals surface area contributed by atoms with Gasteiger partial charge in [0.1, 0.15) is 5.60 Å². The van der Waals surface area contributed by atoms with Crippen molar-refractivity contribution in [2.24, 2.45) is 0 Å². The Morgan fingerprint density at radius 2 is 0.917 bits per heavy atom. The van der Waals surface area contributed by atoms with E-state index in [1.165, 1.54) is 16.7 Å². The van der Waals surface area contributed by atoms with Crippen molar-refractivity contribution >= 4 is 0 Å². The summed E-state index contributed by atoms with van der Waals surface area (Å²) in [5.74, 6) is 0. The molecule has 0 atom stereocenters. The SMILES string of the molecule is COC(c1cccc(C)c1)(c1cccc(C)c1)c1cccc(C)c1. The average Bonchev–Trinajstić information content (AvgIpc) is 2.56. The van der Waals surface area contributed by atoms with Gasteiger partial charge in [-0.25, -0.2) is 0 Å². The van der Waals surface area contributed by atoms with Crippen molar-refractivity contribution in [1.29, 1.82) is 0 Å². The molecule has 1 heteroatoms. The molecule has 0 bridgehead atoms. The van der Waals surface area contributed by atoms with E-state index in [2.05, 4.69) is 93.6 Å². The summed E-state index contributed by atoms with van der Waals surface area (Å²) >= 11 is 0. The molecule has 0 aliphatic carbocycles. The monoisotopic (exact) mass is 316 g/mol. The maximum Gasteiger partial charge on any atom is 0.143 e. The molecule has 1 nitrogen and oxygen atoms in total. The first kappa shape index (κ1) is 16.5. The highest BCUT2D eigenvalue weighted by molar-refractivity contribution is 5.49. The maximum absolute atomic E-state index is 6.26. The van der Waals surface area contributed by atoms with Crippen LogP contribution in [0.15, 0.2) is 72.8 Å². The molecule has 0 aromatic heterocycles. The minimum Gasteiger partial charge on any atom is -0.364 e. The Kier molecular flexibility index (Phi) is 4.55. The first-order valence-electron chi connectivity index (χ1n) is 8.33. The van der Waals surface area contributed by atoms with E-state index < -0.39 is 5.60 Å². The Bertz CT molecular complexity index is 737. The summed E-state index contributed by atoms with van der Waals surface area (Å²) in [4.78, 5) is 0. The van der Waals surface area contributed by atoms with E-state index in [0.29, 0.717) is 0 Å². The Morgan fingerprint density at radius 1 is 0.583 bits per heavy atom. The number of benzene rings is 3. The van der Waals surface area contributed by atoms with Gasteiger partial charge in [0, 0.05) is 7.11 Å². The smallest absolute Gasteiger partial charge is 0.143 e. The third-order valence-corrected chi connectivity index (χ3v) is 4.58. The molecule has 24 heavy (non-hydrogen) atoms. The summed E-state index contributed by atoms with van der Waals surface area (Å²) in [7, 11) is 1.80. The van der Waals surface area contributed by atoms with Gasteiger partial charge < -0.3 is 4.74 Å². The zero-order chi connectivity index (χ0) is 17.2. The van der Waals surface area contributed by atoms with Crippen molar-refractivity contribution in [2.75, 3.05) is 7.11 Å². The Balaban J connectivity index is 2.34. The van der Waals surface area contributed by atoms with Crippen LogP contribution in [-0.4, -0.2) is 7.11 Å². The van der Waals surface area contributed by atoms with Gasteiger partial charge >= 0.3 is 0 Å². The second-order valence-electron chi connectivity index (χ2n) is 6.49. The molecule has 0 amide bonds. The number of hydrogen-bond donors (Lipinski definition) is 0. The van der Waals surface area contributed by atoms with Gasteiger partial charge in [-0.3, -0.25) is 0 Å². The van der Waals surface area contributed by atoms with Crippen molar-refractivity contribution in [2.45, 2.75) is 26.4 Å². The van der Waals surface area contributed by atoms with Gasteiger partial charge in [-0.05, 0) is 37.5 Å². The summed E-state index contributed by atoms with van der Waals surface area (Å²) in [6.07, 6.45) is 0. The van der Waals surface area contributed by atoms with Crippen LogP contribution in [0.2, 0.25) is 0 Å².